The number of hydrogen-bond donors (Lipinski definition) is 1. The summed E-state index contributed by atoms with van der Waals surface area (Å²) in [7, 11) is 0. The van der Waals surface area contributed by atoms with E-state index in [0.717, 1.165) is 18.7 Å². The molecule has 3 nitrogen and oxygen atoms in total. The second kappa shape index (κ2) is 9.87. The van der Waals surface area contributed by atoms with Crippen LogP contribution in [0, 0.1) is 0 Å². The van der Waals surface area contributed by atoms with Crippen LogP contribution in [0.2, 0.25) is 0 Å². The Balaban J connectivity index is 2.44. The third-order valence-electron chi connectivity index (χ3n) is 2.65. The number of rotatable bonds is 9. The van der Waals surface area contributed by atoms with Gasteiger partial charge in [0.15, 0.2) is 0 Å². The number of hydrogen-bond acceptors (Lipinski definition) is 4. The zero-order valence-electron chi connectivity index (χ0n) is 11.7. The van der Waals surface area contributed by atoms with Gasteiger partial charge in [0.05, 0.1) is 12.4 Å². The number of esters is 1. The van der Waals surface area contributed by atoms with Crippen LogP contribution in [0.15, 0.2) is 30.3 Å². The van der Waals surface area contributed by atoms with E-state index < -0.39 is 0 Å². The lowest BCUT2D eigenvalue weighted by atomic mass is 10.1. The molecule has 19 heavy (non-hydrogen) atoms. The molecule has 0 saturated heterocycles. The van der Waals surface area contributed by atoms with Crippen LogP contribution in [0.3, 0.4) is 0 Å². The first-order chi connectivity index (χ1) is 9.27. The molecule has 0 amide bonds. The van der Waals surface area contributed by atoms with Gasteiger partial charge in [0, 0.05) is 11.8 Å². The zero-order valence-corrected chi connectivity index (χ0v) is 12.5. The largest absolute Gasteiger partial charge is 0.465 e. The lowest BCUT2D eigenvalue weighted by molar-refractivity contribution is -0.139. The topological polar surface area (TPSA) is 38.3 Å². The lowest BCUT2D eigenvalue weighted by Gasteiger charge is -2.18. The second-order valence-corrected chi connectivity index (χ2v) is 5.27. The fraction of sp³-hybridized carbons (Fsp3) is 0.533. The summed E-state index contributed by atoms with van der Waals surface area (Å²) in [5, 5.41) is 3.52. The molecule has 0 aliphatic heterocycles. The SMILES string of the molecule is CCCNC(CSCC(=O)OCC)c1ccccc1. The maximum Gasteiger partial charge on any atom is 0.315 e. The van der Waals surface area contributed by atoms with Crippen molar-refractivity contribution in [1.82, 2.24) is 5.32 Å². The maximum absolute atomic E-state index is 11.3. The third-order valence-corrected chi connectivity index (χ3v) is 3.66. The third kappa shape index (κ3) is 6.64. The first-order valence-corrected chi connectivity index (χ1v) is 7.95. The highest BCUT2D eigenvalue weighted by molar-refractivity contribution is 7.99. The summed E-state index contributed by atoms with van der Waals surface area (Å²) in [5.74, 6) is 1.17. The van der Waals surface area contributed by atoms with E-state index in [4.69, 9.17) is 4.74 Å². The molecule has 1 atom stereocenters. The highest BCUT2D eigenvalue weighted by Gasteiger charge is 2.11. The minimum absolute atomic E-state index is 0.130. The van der Waals surface area contributed by atoms with Crippen molar-refractivity contribution in [3.8, 4) is 0 Å². The fourth-order valence-electron chi connectivity index (χ4n) is 1.74. The molecular formula is C15H23NO2S. The van der Waals surface area contributed by atoms with Gasteiger partial charge in [0.2, 0.25) is 0 Å². The summed E-state index contributed by atoms with van der Waals surface area (Å²) in [5.41, 5.74) is 1.27. The van der Waals surface area contributed by atoms with E-state index in [1.807, 2.05) is 25.1 Å². The van der Waals surface area contributed by atoms with E-state index in [9.17, 15) is 4.79 Å². The molecule has 0 fully saturated rings. The van der Waals surface area contributed by atoms with Gasteiger partial charge in [0.25, 0.3) is 0 Å². The van der Waals surface area contributed by atoms with Crippen molar-refractivity contribution in [2.75, 3.05) is 24.7 Å². The fourth-order valence-corrected chi connectivity index (χ4v) is 2.65. The minimum atomic E-state index is -0.130. The van der Waals surface area contributed by atoms with Gasteiger partial charge in [-0.1, -0.05) is 37.3 Å². The Labute approximate surface area is 120 Å². The molecule has 1 N–H and O–H groups in total. The van der Waals surface area contributed by atoms with Gasteiger partial charge >= 0.3 is 5.97 Å². The van der Waals surface area contributed by atoms with Crippen LogP contribution in [0.25, 0.3) is 0 Å². The highest BCUT2D eigenvalue weighted by atomic mass is 32.2. The van der Waals surface area contributed by atoms with Crippen LogP contribution in [-0.2, 0) is 9.53 Å². The number of nitrogens with one attached hydrogen (secondary N) is 1. The van der Waals surface area contributed by atoms with Crippen molar-refractivity contribution in [2.45, 2.75) is 26.3 Å². The summed E-state index contributed by atoms with van der Waals surface area (Å²) in [4.78, 5) is 11.3. The number of thioether (sulfide) groups is 1. The molecule has 0 aliphatic carbocycles. The van der Waals surface area contributed by atoms with Gasteiger partial charge < -0.3 is 10.1 Å². The molecule has 0 bridgehead atoms. The summed E-state index contributed by atoms with van der Waals surface area (Å²) < 4.78 is 4.93. The van der Waals surface area contributed by atoms with Gasteiger partial charge in [-0.25, -0.2) is 0 Å². The molecule has 4 heteroatoms. The Bertz CT molecular complexity index is 356. The minimum Gasteiger partial charge on any atom is -0.465 e. The summed E-state index contributed by atoms with van der Waals surface area (Å²) in [6, 6.07) is 10.7. The Kier molecular flexibility index (Phi) is 8.34. The predicted molar refractivity (Wildman–Crippen MR) is 81.4 cm³/mol. The molecular weight excluding hydrogens is 258 g/mol. The molecule has 1 aromatic carbocycles. The van der Waals surface area contributed by atoms with Crippen LogP contribution >= 0.6 is 11.8 Å². The smallest absolute Gasteiger partial charge is 0.315 e. The monoisotopic (exact) mass is 281 g/mol. The van der Waals surface area contributed by atoms with E-state index in [1.165, 1.54) is 5.56 Å². The Morgan fingerprint density at radius 3 is 2.68 bits per heavy atom. The van der Waals surface area contributed by atoms with E-state index in [0.29, 0.717) is 18.4 Å². The van der Waals surface area contributed by atoms with Crippen molar-refractivity contribution in [3.63, 3.8) is 0 Å². The zero-order chi connectivity index (χ0) is 13.9. The number of carbonyl (C=O) groups excluding carboxylic acids is 1. The molecule has 0 radical (unpaired) electrons. The van der Waals surface area contributed by atoms with Crippen molar-refractivity contribution < 1.29 is 9.53 Å². The molecule has 0 spiro atoms. The highest BCUT2D eigenvalue weighted by Crippen LogP contribution is 2.18. The van der Waals surface area contributed by atoms with Crippen LogP contribution in [0.5, 0.6) is 0 Å². The first kappa shape index (κ1) is 16.1. The average Bonchev–Trinajstić information content (AvgIpc) is 2.44. The molecule has 1 unspecified atom stereocenters. The summed E-state index contributed by atoms with van der Waals surface area (Å²) in [6.45, 7) is 5.42. The Morgan fingerprint density at radius 2 is 2.05 bits per heavy atom. The Hall–Kier alpha value is -1.00. The predicted octanol–water partition coefficient (Wildman–Crippen LogP) is 3.02. The van der Waals surface area contributed by atoms with Crippen molar-refractivity contribution in [1.29, 1.82) is 0 Å². The van der Waals surface area contributed by atoms with Gasteiger partial charge in [-0.15, -0.1) is 11.8 Å². The van der Waals surface area contributed by atoms with Crippen molar-refractivity contribution >= 4 is 17.7 Å². The van der Waals surface area contributed by atoms with Crippen molar-refractivity contribution in [2.24, 2.45) is 0 Å². The van der Waals surface area contributed by atoms with Gasteiger partial charge in [-0.05, 0) is 25.5 Å². The molecule has 0 aromatic heterocycles. The molecule has 0 saturated carbocycles. The molecule has 0 heterocycles. The van der Waals surface area contributed by atoms with E-state index in [1.54, 1.807) is 11.8 Å². The Morgan fingerprint density at radius 1 is 1.32 bits per heavy atom. The lowest BCUT2D eigenvalue weighted by Crippen LogP contribution is -2.24. The average molecular weight is 281 g/mol. The second-order valence-electron chi connectivity index (χ2n) is 4.24. The number of ether oxygens (including phenoxy) is 1. The van der Waals surface area contributed by atoms with Gasteiger partial charge in [-0.2, -0.15) is 0 Å². The normalized spacial score (nSPS) is 12.1. The van der Waals surface area contributed by atoms with Crippen LogP contribution in [0.1, 0.15) is 31.9 Å². The van der Waals surface area contributed by atoms with Crippen molar-refractivity contribution in [3.05, 3.63) is 35.9 Å². The van der Waals surface area contributed by atoms with Crippen LogP contribution in [0.4, 0.5) is 0 Å². The quantitative estimate of drug-likeness (QED) is 0.706. The molecule has 1 aromatic rings. The van der Waals surface area contributed by atoms with E-state index in [2.05, 4.69) is 24.4 Å². The molecule has 0 aliphatic rings. The number of carbonyl (C=O) groups is 1. The van der Waals surface area contributed by atoms with Crippen LogP contribution < -0.4 is 5.32 Å². The van der Waals surface area contributed by atoms with E-state index >= 15 is 0 Å². The molecule has 106 valence electrons. The number of benzene rings is 1. The van der Waals surface area contributed by atoms with Gasteiger partial charge in [-0.3, -0.25) is 4.79 Å². The van der Waals surface area contributed by atoms with E-state index in [-0.39, 0.29) is 5.97 Å². The summed E-state index contributed by atoms with van der Waals surface area (Å²) >= 11 is 1.62. The first-order valence-electron chi connectivity index (χ1n) is 6.79. The maximum atomic E-state index is 11.3. The molecule has 1 rings (SSSR count). The standard InChI is InChI=1S/C15H23NO2S/c1-3-10-16-14(13-8-6-5-7-9-13)11-19-12-15(17)18-4-2/h5-9,14,16H,3-4,10-12H2,1-2H3. The van der Waals surface area contributed by atoms with Crippen LogP contribution in [-0.4, -0.2) is 30.6 Å². The van der Waals surface area contributed by atoms with Gasteiger partial charge in [0.1, 0.15) is 0 Å². The summed E-state index contributed by atoms with van der Waals surface area (Å²) in [6.07, 6.45) is 1.10.